The second-order valence-electron chi connectivity index (χ2n) is 1.82. The second kappa shape index (κ2) is 2.28. The molecule has 0 spiro atoms. The van der Waals surface area contributed by atoms with E-state index in [4.69, 9.17) is 4.74 Å². The normalized spacial score (nSPS) is 31.3. The van der Waals surface area contributed by atoms with Gasteiger partial charge in [0.1, 0.15) is 0 Å². The van der Waals surface area contributed by atoms with Gasteiger partial charge in [0.25, 0.3) is 0 Å². The summed E-state index contributed by atoms with van der Waals surface area (Å²) in [5, 5.41) is 3.18. The standard InChI is InChI=1S/C5H11NO/c1-2-5-3-7-4-6-5/h5-6H,2-4H2,1H3/t5-/m1/s1. The third-order valence-electron chi connectivity index (χ3n) is 1.29. The molecule has 1 saturated heterocycles. The van der Waals surface area contributed by atoms with Gasteiger partial charge in [-0.05, 0) is 6.42 Å². The smallest absolute Gasteiger partial charge is 0.0968 e. The topological polar surface area (TPSA) is 21.3 Å². The summed E-state index contributed by atoms with van der Waals surface area (Å²) in [6, 6.07) is 0.625. The minimum absolute atomic E-state index is 0.625. The largest absolute Gasteiger partial charge is 0.365 e. The lowest BCUT2D eigenvalue weighted by molar-refractivity contribution is 0.189. The number of ether oxygens (including phenoxy) is 1. The van der Waals surface area contributed by atoms with Gasteiger partial charge in [0.05, 0.1) is 13.3 Å². The Morgan fingerprint density at radius 1 is 1.86 bits per heavy atom. The van der Waals surface area contributed by atoms with Crippen molar-refractivity contribution in [2.24, 2.45) is 0 Å². The summed E-state index contributed by atoms with van der Waals surface area (Å²) in [4.78, 5) is 0. The Bertz CT molecular complexity index is 50.0. The highest BCUT2D eigenvalue weighted by molar-refractivity contribution is 4.65. The van der Waals surface area contributed by atoms with E-state index in [1.165, 1.54) is 6.42 Å². The molecule has 1 aliphatic heterocycles. The molecule has 1 heterocycles. The minimum Gasteiger partial charge on any atom is -0.365 e. The average Bonchev–Trinajstić information content (AvgIpc) is 2.14. The van der Waals surface area contributed by atoms with Gasteiger partial charge in [0.2, 0.25) is 0 Å². The summed E-state index contributed by atoms with van der Waals surface area (Å²) in [6.07, 6.45) is 1.18. The number of rotatable bonds is 1. The first-order valence-electron chi connectivity index (χ1n) is 2.74. The molecule has 42 valence electrons. The first-order valence-corrected chi connectivity index (χ1v) is 2.74. The van der Waals surface area contributed by atoms with E-state index in [2.05, 4.69) is 12.2 Å². The van der Waals surface area contributed by atoms with Crippen LogP contribution in [0.2, 0.25) is 0 Å². The lowest BCUT2D eigenvalue weighted by Gasteiger charge is -1.99. The Balaban J connectivity index is 2.14. The van der Waals surface area contributed by atoms with Crippen LogP contribution in [0.15, 0.2) is 0 Å². The fraction of sp³-hybridized carbons (Fsp3) is 1.00. The van der Waals surface area contributed by atoms with Gasteiger partial charge in [-0.2, -0.15) is 0 Å². The summed E-state index contributed by atoms with van der Waals surface area (Å²) < 4.78 is 5.04. The fourth-order valence-corrected chi connectivity index (χ4v) is 0.699. The number of nitrogens with one attached hydrogen (secondary N) is 1. The molecule has 1 atom stereocenters. The van der Waals surface area contributed by atoms with E-state index < -0.39 is 0 Å². The molecule has 0 aromatic heterocycles. The molecular formula is C5H11NO. The maximum absolute atomic E-state index is 5.04. The molecule has 2 nitrogen and oxygen atoms in total. The van der Waals surface area contributed by atoms with E-state index in [0.29, 0.717) is 6.04 Å². The van der Waals surface area contributed by atoms with Crippen LogP contribution in [0.25, 0.3) is 0 Å². The molecule has 0 bridgehead atoms. The molecule has 0 radical (unpaired) electrons. The third kappa shape index (κ3) is 1.14. The van der Waals surface area contributed by atoms with Crippen LogP contribution in [0.1, 0.15) is 13.3 Å². The summed E-state index contributed by atoms with van der Waals surface area (Å²) >= 11 is 0. The third-order valence-corrected chi connectivity index (χ3v) is 1.29. The van der Waals surface area contributed by atoms with Crippen LogP contribution in [0.3, 0.4) is 0 Å². The van der Waals surface area contributed by atoms with Gasteiger partial charge < -0.3 is 4.74 Å². The van der Waals surface area contributed by atoms with Crippen LogP contribution in [-0.2, 0) is 4.74 Å². The van der Waals surface area contributed by atoms with Gasteiger partial charge in [-0.1, -0.05) is 6.92 Å². The predicted octanol–water partition coefficient (Wildman–Crippen LogP) is 0.342. The van der Waals surface area contributed by atoms with E-state index in [1.54, 1.807) is 0 Å². The molecule has 0 amide bonds. The molecule has 7 heavy (non-hydrogen) atoms. The first-order chi connectivity index (χ1) is 3.43. The van der Waals surface area contributed by atoms with Crippen molar-refractivity contribution in [2.45, 2.75) is 19.4 Å². The van der Waals surface area contributed by atoms with Crippen LogP contribution >= 0.6 is 0 Å². The Labute approximate surface area is 43.9 Å². The molecule has 0 unspecified atom stereocenters. The predicted molar refractivity (Wildman–Crippen MR) is 28.0 cm³/mol. The first kappa shape index (κ1) is 5.06. The SMILES string of the molecule is CC[C@@H]1COCN1. The Morgan fingerprint density at radius 2 is 2.71 bits per heavy atom. The highest BCUT2D eigenvalue weighted by Gasteiger charge is 2.09. The van der Waals surface area contributed by atoms with Gasteiger partial charge >= 0.3 is 0 Å². The summed E-state index contributed by atoms with van der Waals surface area (Å²) in [7, 11) is 0. The molecule has 1 fully saturated rings. The molecule has 0 saturated carbocycles. The average molecular weight is 101 g/mol. The van der Waals surface area contributed by atoms with E-state index >= 15 is 0 Å². The number of hydrogen-bond donors (Lipinski definition) is 1. The van der Waals surface area contributed by atoms with Crippen molar-refractivity contribution < 1.29 is 4.74 Å². The van der Waals surface area contributed by atoms with Crippen LogP contribution in [-0.4, -0.2) is 19.4 Å². The summed E-state index contributed by atoms with van der Waals surface area (Å²) in [5.41, 5.74) is 0. The zero-order chi connectivity index (χ0) is 5.11. The van der Waals surface area contributed by atoms with Crippen LogP contribution < -0.4 is 5.32 Å². The minimum atomic E-state index is 0.625. The van der Waals surface area contributed by atoms with E-state index in [9.17, 15) is 0 Å². The maximum atomic E-state index is 5.04. The monoisotopic (exact) mass is 101 g/mol. The second-order valence-corrected chi connectivity index (χ2v) is 1.82. The maximum Gasteiger partial charge on any atom is 0.0968 e. The Morgan fingerprint density at radius 3 is 3.00 bits per heavy atom. The molecule has 0 aliphatic carbocycles. The van der Waals surface area contributed by atoms with Crippen molar-refractivity contribution >= 4 is 0 Å². The van der Waals surface area contributed by atoms with Gasteiger partial charge in [0.15, 0.2) is 0 Å². The quantitative estimate of drug-likeness (QED) is 0.514. The van der Waals surface area contributed by atoms with E-state index in [0.717, 1.165) is 13.3 Å². The molecule has 1 N–H and O–H groups in total. The highest BCUT2D eigenvalue weighted by Crippen LogP contribution is 1.96. The van der Waals surface area contributed by atoms with Gasteiger partial charge in [0, 0.05) is 6.04 Å². The van der Waals surface area contributed by atoms with Crippen molar-refractivity contribution in [3.8, 4) is 0 Å². The molecule has 0 aromatic rings. The van der Waals surface area contributed by atoms with Crippen molar-refractivity contribution in [3.63, 3.8) is 0 Å². The van der Waals surface area contributed by atoms with Crippen LogP contribution in [0, 0.1) is 0 Å². The van der Waals surface area contributed by atoms with E-state index in [-0.39, 0.29) is 0 Å². The van der Waals surface area contributed by atoms with Crippen LogP contribution in [0.4, 0.5) is 0 Å². The lowest BCUT2D eigenvalue weighted by Crippen LogP contribution is -2.21. The lowest BCUT2D eigenvalue weighted by atomic mass is 10.3. The Hall–Kier alpha value is -0.0800. The van der Waals surface area contributed by atoms with Crippen LogP contribution in [0.5, 0.6) is 0 Å². The van der Waals surface area contributed by atoms with Gasteiger partial charge in [-0.3, -0.25) is 5.32 Å². The highest BCUT2D eigenvalue weighted by atomic mass is 16.5. The zero-order valence-corrected chi connectivity index (χ0v) is 4.61. The number of hydrogen-bond acceptors (Lipinski definition) is 2. The molecule has 1 rings (SSSR count). The summed E-state index contributed by atoms with van der Waals surface area (Å²) in [5.74, 6) is 0. The Kier molecular flexibility index (Phi) is 1.65. The zero-order valence-electron chi connectivity index (χ0n) is 4.61. The van der Waals surface area contributed by atoms with Crippen molar-refractivity contribution in [1.82, 2.24) is 5.32 Å². The van der Waals surface area contributed by atoms with Crippen molar-refractivity contribution in [3.05, 3.63) is 0 Å². The van der Waals surface area contributed by atoms with Gasteiger partial charge in [-0.25, -0.2) is 0 Å². The molecular weight excluding hydrogens is 90.1 g/mol. The van der Waals surface area contributed by atoms with E-state index in [1.807, 2.05) is 0 Å². The van der Waals surface area contributed by atoms with Gasteiger partial charge in [-0.15, -0.1) is 0 Å². The fourth-order valence-electron chi connectivity index (χ4n) is 0.699. The molecule has 0 aromatic carbocycles. The van der Waals surface area contributed by atoms with Crippen molar-refractivity contribution in [1.29, 1.82) is 0 Å². The van der Waals surface area contributed by atoms with Crippen molar-refractivity contribution in [2.75, 3.05) is 13.3 Å². The molecule has 2 heteroatoms. The summed E-state index contributed by atoms with van der Waals surface area (Å²) in [6.45, 7) is 3.81. The molecule has 1 aliphatic rings.